The maximum atomic E-state index is 11.1. The smallest absolute Gasteiger partial charge is 0.258 e. The summed E-state index contributed by atoms with van der Waals surface area (Å²) in [5.41, 5.74) is -0.308. The minimum absolute atomic E-state index is 0.130. The van der Waals surface area contributed by atoms with Crippen LogP contribution in [0.1, 0.15) is 0 Å². The van der Waals surface area contributed by atoms with Gasteiger partial charge < -0.3 is 0 Å². The molecule has 82 valence electrons. The summed E-state index contributed by atoms with van der Waals surface area (Å²) in [6.07, 6.45) is 0. The van der Waals surface area contributed by atoms with Crippen LogP contribution in [0.2, 0.25) is 0 Å². The summed E-state index contributed by atoms with van der Waals surface area (Å²) in [4.78, 5) is 9.68. The zero-order valence-electron chi connectivity index (χ0n) is 6.78. The molecule has 0 fully saturated rings. The van der Waals surface area contributed by atoms with Gasteiger partial charge in [0.2, 0.25) is 0 Å². The molecular formula is C6H2BrClINO4S. The van der Waals surface area contributed by atoms with Crippen molar-refractivity contribution in [3.05, 3.63) is 30.3 Å². The SMILES string of the molecule is O=[N+]([O-])c1c(I)ccc(S(=O)(=O)Cl)c1Br. The molecular weight excluding hydrogens is 424 g/mol. The number of nitro groups is 1. The molecule has 0 saturated heterocycles. The fraction of sp³-hybridized carbons (Fsp3) is 0. The highest BCUT2D eigenvalue weighted by atomic mass is 127. The lowest BCUT2D eigenvalue weighted by molar-refractivity contribution is -0.386. The van der Waals surface area contributed by atoms with E-state index < -0.39 is 14.0 Å². The van der Waals surface area contributed by atoms with Crippen molar-refractivity contribution >= 4 is 63.9 Å². The van der Waals surface area contributed by atoms with Gasteiger partial charge in [0.25, 0.3) is 14.7 Å². The Kier molecular flexibility index (Phi) is 3.95. The topological polar surface area (TPSA) is 77.3 Å². The molecule has 0 saturated carbocycles. The molecule has 5 nitrogen and oxygen atoms in total. The first-order valence-electron chi connectivity index (χ1n) is 3.32. The van der Waals surface area contributed by atoms with Crippen LogP contribution in [-0.2, 0) is 9.05 Å². The van der Waals surface area contributed by atoms with Gasteiger partial charge in [-0.3, -0.25) is 10.1 Å². The van der Waals surface area contributed by atoms with E-state index >= 15 is 0 Å². The third-order valence-corrected chi connectivity index (χ3v) is 4.78. The zero-order chi connectivity index (χ0) is 11.8. The molecule has 0 aliphatic heterocycles. The van der Waals surface area contributed by atoms with Gasteiger partial charge in [-0.2, -0.15) is 0 Å². The molecule has 1 aromatic rings. The highest BCUT2D eigenvalue weighted by molar-refractivity contribution is 14.1. The van der Waals surface area contributed by atoms with Crippen molar-refractivity contribution < 1.29 is 13.3 Å². The molecule has 0 aliphatic rings. The average molecular weight is 426 g/mol. The normalized spacial score (nSPS) is 11.4. The van der Waals surface area contributed by atoms with Gasteiger partial charge in [0.15, 0.2) is 0 Å². The Balaban J connectivity index is 3.64. The summed E-state index contributed by atoms with van der Waals surface area (Å²) in [6.45, 7) is 0. The fourth-order valence-electron chi connectivity index (χ4n) is 0.878. The quantitative estimate of drug-likeness (QED) is 0.315. The number of benzene rings is 1. The maximum absolute atomic E-state index is 11.1. The number of nitrogens with zero attached hydrogens (tertiary/aromatic N) is 1. The Morgan fingerprint density at radius 1 is 1.47 bits per heavy atom. The van der Waals surface area contributed by atoms with E-state index in [1.165, 1.54) is 12.1 Å². The summed E-state index contributed by atoms with van der Waals surface area (Å²) in [7, 11) is 1.12. The molecule has 0 heterocycles. The van der Waals surface area contributed by atoms with E-state index in [4.69, 9.17) is 10.7 Å². The lowest BCUT2D eigenvalue weighted by atomic mass is 10.3. The Labute approximate surface area is 112 Å². The molecule has 0 bridgehead atoms. The van der Waals surface area contributed by atoms with E-state index in [1.54, 1.807) is 22.6 Å². The molecule has 0 radical (unpaired) electrons. The summed E-state index contributed by atoms with van der Waals surface area (Å²) in [5, 5.41) is 10.7. The number of hydrogen-bond acceptors (Lipinski definition) is 4. The molecule has 1 aromatic carbocycles. The van der Waals surface area contributed by atoms with E-state index in [2.05, 4.69) is 15.9 Å². The van der Waals surface area contributed by atoms with Crippen molar-refractivity contribution in [3.63, 3.8) is 0 Å². The van der Waals surface area contributed by atoms with Gasteiger partial charge in [-0.25, -0.2) is 8.42 Å². The standard InChI is InChI=1S/C6H2BrClINO4S/c7-5-4(15(8,13)14)2-1-3(9)6(5)10(11)12/h1-2H. The summed E-state index contributed by atoms with van der Waals surface area (Å²) >= 11 is 4.59. The predicted molar refractivity (Wildman–Crippen MR) is 66.6 cm³/mol. The second-order valence-corrected chi connectivity index (χ2v) is 6.89. The summed E-state index contributed by atoms with van der Waals surface area (Å²) < 4.78 is 22.3. The number of hydrogen-bond donors (Lipinski definition) is 0. The van der Waals surface area contributed by atoms with Crippen LogP contribution in [0, 0.1) is 13.7 Å². The summed E-state index contributed by atoms with van der Waals surface area (Å²) in [6, 6.07) is 2.53. The first-order chi connectivity index (χ1) is 6.75. The third-order valence-electron chi connectivity index (χ3n) is 1.48. The van der Waals surface area contributed by atoms with Crippen LogP contribution in [0.25, 0.3) is 0 Å². The zero-order valence-corrected chi connectivity index (χ0v) is 12.1. The number of rotatable bonds is 2. The lowest BCUT2D eigenvalue weighted by Gasteiger charge is -2.02. The van der Waals surface area contributed by atoms with Gasteiger partial charge in [0.05, 0.1) is 8.49 Å². The van der Waals surface area contributed by atoms with E-state index in [9.17, 15) is 18.5 Å². The minimum Gasteiger partial charge on any atom is -0.258 e. The van der Waals surface area contributed by atoms with Gasteiger partial charge >= 0.3 is 0 Å². The highest BCUT2D eigenvalue weighted by Crippen LogP contribution is 2.36. The Hall–Kier alpha value is 0.0700. The van der Waals surface area contributed by atoms with Gasteiger partial charge in [-0.1, -0.05) is 0 Å². The first-order valence-corrected chi connectivity index (χ1v) is 7.50. The van der Waals surface area contributed by atoms with Crippen LogP contribution in [0.5, 0.6) is 0 Å². The monoisotopic (exact) mass is 425 g/mol. The van der Waals surface area contributed by atoms with E-state index in [1.807, 2.05) is 0 Å². The van der Waals surface area contributed by atoms with Crippen molar-refractivity contribution in [1.29, 1.82) is 0 Å². The molecule has 15 heavy (non-hydrogen) atoms. The molecule has 0 atom stereocenters. The van der Waals surface area contributed by atoms with E-state index in [-0.39, 0.29) is 15.1 Å². The van der Waals surface area contributed by atoms with Crippen LogP contribution < -0.4 is 0 Å². The minimum atomic E-state index is -3.99. The van der Waals surface area contributed by atoms with Gasteiger partial charge in [-0.05, 0) is 50.7 Å². The van der Waals surface area contributed by atoms with Crippen molar-refractivity contribution in [2.24, 2.45) is 0 Å². The molecule has 0 unspecified atom stereocenters. The van der Waals surface area contributed by atoms with Crippen molar-refractivity contribution in [3.8, 4) is 0 Å². The highest BCUT2D eigenvalue weighted by Gasteiger charge is 2.25. The molecule has 9 heteroatoms. The molecule has 0 N–H and O–H groups in total. The van der Waals surface area contributed by atoms with Crippen LogP contribution in [0.4, 0.5) is 5.69 Å². The van der Waals surface area contributed by atoms with Crippen molar-refractivity contribution in [2.75, 3.05) is 0 Å². The number of nitro benzene ring substituents is 1. The molecule has 1 rings (SSSR count). The second kappa shape index (κ2) is 4.52. The van der Waals surface area contributed by atoms with E-state index in [0.29, 0.717) is 3.57 Å². The van der Waals surface area contributed by atoms with Gasteiger partial charge in [0.1, 0.15) is 9.37 Å². The summed E-state index contributed by atoms with van der Waals surface area (Å²) in [5.74, 6) is 0. The van der Waals surface area contributed by atoms with Crippen molar-refractivity contribution in [2.45, 2.75) is 4.90 Å². The fourth-order valence-corrected chi connectivity index (χ4v) is 4.23. The number of halogens is 3. The third kappa shape index (κ3) is 2.80. The molecule has 0 aromatic heterocycles. The van der Waals surface area contributed by atoms with Crippen LogP contribution in [0.3, 0.4) is 0 Å². The molecule has 0 spiro atoms. The first kappa shape index (κ1) is 13.1. The van der Waals surface area contributed by atoms with Crippen LogP contribution in [-0.4, -0.2) is 13.3 Å². The Morgan fingerprint density at radius 3 is 2.40 bits per heavy atom. The largest absolute Gasteiger partial charge is 0.298 e. The Bertz CT molecular complexity index is 532. The van der Waals surface area contributed by atoms with Crippen molar-refractivity contribution in [1.82, 2.24) is 0 Å². The Morgan fingerprint density at radius 2 is 2.00 bits per heavy atom. The predicted octanol–water partition coefficient (Wildman–Crippen LogP) is 2.89. The van der Waals surface area contributed by atoms with E-state index in [0.717, 1.165) is 0 Å². The molecule has 0 amide bonds. The van der Waals surface area contributed by atoms with Gasteiger partial charge in [-0.15, -0.1) is 0 Å². The van der Waals surface area contributed by atoms with Crippen LogP contribution in [0.15, 0.2) is 21.5 Å². The maximum Gasteiger partial charge on any atom is 0.298 e. The molecule has 0 aliphatic carbocycles. The average Bonchev–Trinajstić information content (AvgIpc) is 2.00. The lowest BCUT2D eigenvalue weighted by Crippen LogP contribution is -1.99. The van der Waals surface area contributed by atoms with Crippen LogP contribution >= 0.6 is 49.2 Å². The second-order valence-electron chi connectivity index (χ2n) is 2.40. The van der Waals surface area contributed by atoms with Gasteiger partial charge in [0, 0.05) is 10.7 Å².